The summed E-state index contributed by atoms with van der Waals surface area (Å²) in [5, 5.41) is 17.0. The molecule has 0 radical (unpaired) electrons. The zero-order valence-corrected chi connectivity index (χ0v) is 15.0. The molecule has 0 aliphatic rings. The van der Waals surface area contributed by atoms with Crippen molar-refractivity contribution < 1.29 is 9.34 Å². The average Bonchev–Trinajstić information content (AvgIpc) is 3.06. The van der Waals surface area contributed by atoms with Gasteiger partial charge in [0, 0.05) is 23.2 Å². The molecule has 3 aromatic carbocycles. The van der Waals surface area contributed by atoms with Gasteiger partial charge in [0.2, 0.25) is 5.28 Å². The smallest absolute Gasteiger partial charge is 0.270 e. The summed E-state index contributed by atoms with van der Waals surface area (Å²) in [5.74, 6) is 0.394. The Morgan fingerprint density at radius 3 is 2.68 bits per heavy atom. The van der Waals surface area contributed by atoms with Crippen LogP contribution in [0.1, 0.15) is 0 Å². The summed E-state index contributed by atoms with van der Waals surface area (Å²) in [6.45, 7) is 0. The second-order valence-corrected chi connectivity index (χ2v) is 6.55. The molecule has 0 amide bonds. The van der Waals surface area contributed by atoms with E-state index in [9.17, 15) is 10.1 Å². The summed E-state index contributed by atoms with van der Waals surface area (Å²) in [6.07, 6.45) is 0. The number of furan rings is 1. The number of nitrogens with one attached hydrogen (secondary N) is 1. The molecule has 0 atom stereocenters. The molecule has 2 aromatic heterocycles. The summed E-state index contributed by atoms with van der Waals surface area (Å²) < 4.78 is 5.89. The highest BCUT2D eigenvalue weighted by atomic mass is 35.5. The van der Waals surface area contributed by atoms with E-state index in [0.717, 1.165) is 16.5 Å². The van der Waals surface area contributed by atoms with E-state index in [1.807, 2.05) is 42.5 Å². The van der Waals surface area contributed by atoms with Gasteiger partial charge in [0.15, 0.2) is 11.4 Å². The van der Waals surface area contributed by atoms with Gasteiger partial charge in [-0.15, -0.1) is 0 Å². The molecule has 0 unspecified atom stereocenters. The minimum Gasteiger partial charge on any atom is -0.450 e. The van der Waals surface area contributed by atoms with Crippen molar-refractivity contribution >= 4 is 61.6 Å². The number of hydrogen-bond donors (Lipinski definition) is 1. The quantitative estimate of drug-likeness (QED) is 0.236. The average molecular weight is 391 g/mol. The van der Waals surface area contributed by atoms with E-state index in [1.54, 1.807) is 6.07 Å². The number of fused-ring (bicyclic) bond motifs is 4. The van der Waals surface area contributed by atoms with Crippen molar-refractivity contribution in [1.29, 1.82) is 0 Å². The standard InChI is InChI=1S/C20H11ClN4O3/c21-20-23-17-14-10-12(25(26)27)8-9-16(14)28-18(17)19(24-20)22-15-7-3-5-11-4-1-2-6-13(11)15/h1-10H,(H,22,23,24). The van der Waals surface area contributed by atoms with E-state index in [4.69, 9.17) is 16.0 Å². The molecule has 0 saturated carbocycles. The lowest BCUT2D eigenvalue weighted by Gasteiger charge is -2.09. The molecule has 1 N–H and O–H groups in total. The third kappa shape index (κ3) is 2.60. The molecule has 5 aromatic rings. The van der Waals surface area contributed by atoms with Crippen LogP contribution in [0, 0.1) is 10.1 Å². The number of nitrogens with zero attached hydrogens (tertiary/aromatic N) is 3. The van der Waals surface area contributed by atoms with E-state index < -0.39 is 4.92 Å². The van der Waals surface area contributed by atoms with Gasteiger partial charge < -0.3 is 9.73 Å². The number of aromatic nitrogens is 2. The molecular weight excluding hydrogens is 380 g/mol. The van der Waals surface area contributed by atoms with Gasteiger partial charge in [-0.25, -0.2) is 4.98 Å². The van der Waals surface area contributed by atoms with Gasteiger partial charge in [-0.1, -0.05) is 36.4 Å². The molecule has 2 heterocycles. The van der Waals surface area contributed by atoms with Gasteiger partial charge in [-0.3, -0.25) is 10.1 Å². The topological polar surface area (TPSA) is 94.1 Å². The highest BCUT2D eigenvalue weighted by Crippen LogP contribution is 2.36. The molecule has 0 saturated heterocycles. The van der Waals surface area contributed by atoms with Crippen LogP contribution in [0.15, 0.2) is 65.1 Å². The number of anilines is 2. The number of non-ortho nitro benzene ring substituents is 1. The zero-order valence-electron chi connectivity index (χ0n) is 14.2. The van der Waals surface area contributed by atoms with Crippen LogP contribution in [0.25, 0.3) is 32.8 Å². The second-order valence-electron chi connectivity index (χ2n) is 6.21. The Hall–Kier alpha value is -3.71. The molecule has 28 heavy (non-hydrogen) atoms. The van der Waals surface area contributed by atoms with Crippen molar-refractivity contribution in [3.63, 3.8) is 0 Å². The minimum atomic E-state index is -0.462. The monoisotopic (exact) mass is 390 g/mol. The summed E-state index contributed by atoms with van der Waals surface area (Å²) in [7, 11) is 0. The van der Waals surface area contributed by atoms with Crippen LogP contribution in [-0.4, -0.2) is 14.9 Å². The van der Waals surface area contributed by atoms with Crippen molar-refractivity contribution in [2.75, 3.05) is 5.32 Å². The van der Waals surface area contributed by atoms with Crippen LogP contribution in [0.2, 0.25) is 5.28 Å². The van der Waals surface area contributed by atoms with Gasteiger partial charge in [0.25, 0.3) is 5.69 Å². The van der Waals surface area contributed by atoms with Crippen molar-refractivity contribution in [3.05, 3.63) is 76.1 Å². The molecule has 0 aliphatic heterocycles. The number of nitro groups is 1. The van der Waals surface area contributed by atoms with E-state index in [1.165, 1.54) is 12.1 Å². The first-order valence-electron chi connectivity index (χ1n) is 8.39. The number of hydrogen-bond acceptors (Lipinski definition) is 6. The normalized spacial score (nSPS) is 11.3. The first-order valence-corrected chi connectivity index (χ1v) is 8.77. The lowest BCUT2D eigenvalue weighted by atomic mass is 10.1. The third-order valence-electron chi connectivity index (χ3n) is 4.52. The Labute approximate surface area is 162 Å². The fourth-order valence-corrected chi connectivity index (χ4v) is 3.43. The first-order chi connectivity index (χ1) is 13.6. The molecule has 8 heteroatoms. The minimum absolute atomic E-state index is 0.0180. The predicted octanol–water partition coefficient (Wildman–Crippen LogP) is 5.83. The van der Waals surface area contributed by atoms with Crippen molar-refractivity contribution in [3.8, 4) is 0 Å². The fraction of sp³-hybridized carbons (Fsp3) is 0. The molecule has 0 fully saturated rings. The van der Waals surface area contributed by atoms with Crippen LogP contribution in [0.5, 0.6) is 0 Å². The summed E-state index contributed by atoms with van der Waals surface area (Å²) in [6, 6.07) is 18.2. The van der Waals surface area contributed by atoms with Crippen LogP contribution in [0.3, 0.4) is 0 Å². The van der Waals surface area contributed by atoms with Gasteiger partial charge in [0.05, 0.1) is 10.3 Å². The van der Waals surface area contributed by atoms with Crippen LogP contribution in [0.4, 0.5) is 17.2 Å². The fourth-order valence-electron chi connectivity index (χ4n) is 3.26. The molecule has 0 bridgehead atoms. The number of rotatable bonds is 3. The van der Waals surface area contributed by atoms with Gasteiger partial charge >= 0.3 is 0 Å². The van der Waals surface area contributed by atoms with E-state index in [2.05, 4.69) is 15.3 Å². The maximum atomic E-state index is 11.1. The van der Waals surface area contributed by atoms with E-state index in [0.29, 0.717) is 27.9 Å². The Balaban J connectivity index is 1.73. The zero-order chi connectivity index (χ0) is 19.3. The van der Waals surface area contributed by atoms with E-state index >= 15 is 0 Å². The van der Waals surface area contributed by atoms with Crippen LogP contribution < -0.4 is 5.32 Å². The molecule has 0 aliphatic carbocycles. The Morgan fingerprint density at radius 2 is 1.82 bits per heavy atom. The van der Waals surface area contributed by atoms with Gasteiger partial charge in [-0.2, -0.15) is 4.98 Å². The molecule has 5 rings (SSSR count). The number of nitro benzene ring substituents is 1. The summed E-state index contributed by atoms with van der Waals surface area (Å²) in [4.78, 5) is 19.1. The third-order valence-corrected chi connectivity index (χ3v) is 4.69. The number of benzene rings is 3. The van der Waals surface area contributed by atoms with Gasteiger partial charge in [0.1, 0.15) is 11.1 Å². The predicted molar refractivity (Wildman–Crippen MR) is 108 cm³/mol. The van der Waals surface area contributed by atoms with Crippen LogP contribution in [-0.2, 0) is 0 Å². The highest BCUT2D eigenvalue weighted by molar-refractivity contribution is 6.29. The summed E-state index contributed by atoms with van der Waals surface area (Å²) in [5.41, 5.74) is 2.06. The lowest BCUT2D eigenvalue weighted by molar-refractivity contribution is -0.384. The van der Waals surface area contributed by atoms with Crippen molar-refractivity contribution in [2.45, 2.75) is 0 Å². The molecule has 136 valence electrons. The second kappa shape index (κ2) is 6.17. The Kier molecular flexibility index (Phi) is 3.63. The maximum Gasteiger partial charge on any atom is 0.270 e. The SMILES string of the molecule is O=[N+]([O-])c1ccc2oc3c(Nc4cccc5ccccc45)nc(Cl)nc3c2c1. The van der Waals surface area contributed by atoms with E-state index in [-0.39, 0.29) is 11.0 Å². The largest absolute Gasteiger partial charge is 0.450 e. The maximum absolute atomic E-state index is 11.1. The van der Waals surface area contributed by atoms with Crippen LogP contribution >= 0.6 is 11.6 Å². The van der Waals surface area contributed by atoms with Crippen molar-refractivity contribution in [2.24, 2.45) is 0 Å². The molecule has 0 spiro atoms. The van der Waals surface area contributed by atoms with Gasteiger partial charge in [-0.05, 0) is 29.1 Å². The summed E-state index contributed by atoms with van der Waals surface area (Å²) >= 11 is 6.13. The number of halogens is 1. The Morgan fingerprint density at radius 1 is 1.00 bits per heavy atom. The first kappa shape index (κ1) is 16.5. The molecule has 7 nitrogen and oxygen atoms in total. The highest BCUT2D eigenvalue weighted by Gasteiger charge is 2.18. The Bertz CT molecular complexity index is 1390. The van der Waals surface area contributed by atoms with Crippen molar-refractivity contribution in [1.82, 2.24) is 9.97 Å². The molecular formula is C20H11ClN4O3. The lowest BCUT2D eigenvalue weighted by Crippen LogP contribution is -1.97.